The predicted octanol–water partition coefficient (Wildman–Crippen LogP) is 4.00. The van der Waals surface area contributed by atoms with Crippen molar-refractivity contribution in [3.8, 4) is 11.5 Å². The Morgan fingerprint density at radius 3 is 2.22 bits per heavy atom. The molecule has 2 aliphatic rings. The molecule has 0 bridgehead atoms. The molecule has 0 saturated heterocycles. The molecule has 2 N–H and O–H groups in total. The maximum atomic E-state index is 12.7. The van der Waals surface area contributed by atoms with Crippen LogP contribution < -0.4 is 19.5 Å². The van der Waals surface area contributed by atoms with Crippen LogP contribution in [-0.2, 0) is 10.0 Å². The van der Waals surface area contributed by atoms with Crippen LogP contribution in [0.4, 0.5) is 11.4 Å². The van der Waals surface area contributed by atoms with Crippen molar-refractivity contribution in [3.05, 3.63) is 42.5 Å². The number of ether oxygens (including phenoxy) is 2. The van der Waals surface area contributed by atoms with Gasteiger partial charge >= 0.3 is 0 Å². The van der Waals surface area contributed by atoms with Gasteiger partial charge in [0.25, 0.3) is 10.0 Å². The molecule has 2 aromatic rings. The van der Waals surface area contributed by atoms with Crippen LogP contribution in [0, 0.1) is 0 Å². The number of hydrogen-bond donors (Lipinski definition) is 2. The molecule has 6 nitrogen and oxygen atoms in total. The molecule has 0 spiro atoms. The predicted molar refractivity (Wildman–Crippen MR) is 105 cm³/mol. The molecule has 1 aliphatic heterocycles. The zero-order valence-corrected chi connectivity index (χ0v) is 15.9. The summed E-state index contributed by atoms with van der Waals surface area (Å²) in [4.78, 5) is 0.149. The smallest absolute Gasteiger partial charge is 0.262 e. The lowest BCUT2D eigenvalue weighted by molar-refractivity contribution is 0.171. The monoisotopic (exact) mass is 388 g/mol. The van der Waals surface area contributed by atoms with E-state index in [1.807, 2.05) is 12.1 Å². The summed E-state index contributed by atoms with van der Waals surface area (Å²) < 4.78 is 38.9. The number of rotatable bonds is 5. The van der Waals surface area contributed by atoms with Gasteiger partial charge in [0.1, 0.15) is 13.2 Å². The molecule has 1 aliphatic carbocycles. The minimum Gasteiger partial charge on any atom is -0.486 e. The zero-order chi connectivity index (χ0) is 18.7. The molecule has 0 radical (unpaired) electrons. The van der Waals surface area contributed by atoms with Crippen LogP contribution in [0.1, 0.15) is 32.1 Å². The molecule has 7 heteroatoms. The lowest BCUT2D eigenvalue weighted by Gasteiger charge is -2.24. The number of benzene rings is 2. The number of anilines is 2. The first-order valence-corrected chi connectivity index (χ1v) is 10.9. The largest absolute Gasteiger partial charge is 0.486 e. The van der Waals surface area contributed by atoms with Crippen LogP contribution in [0.2, 0.25) is 0 Å². The molecule has 2 aromatic carbocycles. The van der Waals surface area contributed by atoms with E-state index in [0.717, 1.165) is 5.69 Å². The van der Waals surface area contributed by atoms with E-state index < -0.39 is 10.0 Å². The van der Waals surface area contributed by atoms with Gasteiger partial charge in [-0.25, -0.2) is 8.42 Å². The molecule has 1 heterocycles. The molecule has 0 unspecified atom stereocenters. The third-order valence-corrected chi connectivity index (χ3v) is 6.32. The average molecular weight is 388 g/mol. The Bertz CT molecular complexity index is 891. The van der Waals surface area contributed by atoms with E-state index in [4.69, 9.17) is 9.47 Å². The van der Waals surface area contributed by atoms with Crippen LogP contribution in [-0.4, -0.2) is 27.7 Å². The average Bonchev–Trinajstić information content (AvgIpc) is 2.70. The van der Waals surface area contributed by atoms with Crippen LogP contribution in [0.15, 0.2) is 47.4 Å². The molecule has 144 valence electrons. The summed E-state index contributed by atoms with van der Waals surface area (Å²) in [6, 6.07) is 12.5. The number of hydrogen-bond acceptors (Lipinski definition) is 5. The lowest BCUT2D eigenvalue weighted by atomic mass is 9.95. The fourth-order valence-corrected chi connectivity index (χ4v) is 4.60. The fraction of sp³-hybridized carbons (Fsp3) is 0.400. The van der Waals surface area contributed by atoms with Gasteiger partial charge in [-0.05, 0) is 49.2 Å². The summed E-state index contributed by atoms with van der Waals surface area (Å²) in [6.45, 7) is 0.887. The lowest BCUT2D eigenvalue weighted by Crippen LogP contribution is -2.22. The van der Waals surface area contributed by atoms with Crippen molar-refractivity contribution in [2.75, 3.05) is 23.3 Å². The van der Waals surface area contributed by atoms with Gasteiger partial charge in [-0.15, -0.1) is 0 Å². The Balaban J connectivity index is 1.44. The molecular formula is C20H24N2O4S. The molecule has 27 heavy (non-hydrogen) atoms. The van der Waals surface area contributed by atoms with Gasteiger partial charge in [0.2, 0.25) is 0 Å². The second-order valence-corrected chi connectivity index (χ2v) is 8.65. The SMILES string of the molecule is O=S(=O)(Nc1ccc(NC2CCCCC2)cc1)c1ccc2c(c1)OCCO2. The highest BCUT2D eigenvalue weighted by molar-refractivity contribution is 7.92. The van der Waals surface area contributed by atoms with Gasteiger partial charge < -0.3 is 14.8 Å². The first-order chi connectivity index (χ1) is 13.1. The number of fused-ring (bicyclic) bond motifs is 1. The molecule has 4 rings (SSSR count). The summed E-state index contributed by atoms with van der Waals surface area (Å²) in [5.41, 5.74) is 1.54. The van der Waals surface area contributed by atoms with Gasteiger partial charge in [0.05, 0.1) is 4.90 Å². The van der Waals surface area contributed by atoms with E-state index in [9.17, 15) is 8.42 Å². The minimum atomic E-state index is -3.69. The zero-order valence-electron chi connectivity index (χ0n) is 15.1. The quantitative estimate of drug-likeness (QED) is 0.810. The maximum absolute atomic E-state index is 12.7. The van der Waals surface area contributed by atoms with Gasteiger partial charge in [-0.3, -0.25) is 4.72 Å². The van der Waals surface area contributed by atoms with Crippen molar-refractivity contribution < 1.29 is 17.9 Å². The second kappa shape index (κ2) is 7.68. The third kappa shape index (κ3) is 4.30. The summed E-state index contributed by atoms with van der Waals surface area (Å²) in [6.07, 6.45) is 6.24. The highest BCUT2D eigenvalue weighted by Crippen LogP contribution is 2.33. The molecule has 0 amide bonds. The maximum Gasteiger partial charge on any atom is 0.262 e. The van der Waals surface area contributed by atoms with E-state index in [1.165, 1.54) is 44.2 Å². The van der Waals surface area contributed by atoms with Crippen LogP contribution in [0.3, 0.4) is 0 Å². The fourth-order valence-electron chi connectivity index (χ4n) is 3.52. The Morgan fingerprint density at radius 1 is 0.815 bits per heavy atom. The van der Waals surface area contributed by atoms with E-state index in [-0.39, 0.29) is 4.90 Å². The van der Waals surface area contributed by atoms with Crippen molar-refractivity contribution >= 4 is 21.4 Å². The first kappa shape index (κ1) is 18.0. The summed E-state index contributed by atoms with van der Waals surface area (Å²) in [5.74, 6) is 1.02. The van der Waals surface area contributed by atoms with E-state index in [1.54, 1.807) is 18.2 Å². The Labute approximate surface area is 159 Å². The highest BCUT2D eigenvalue weighted by Gasteiger charge is 2.19. The highest BCUT2D eigenvalue weighted by atomic mass is 32.2. The topological polar surface area (TPSA) is 76.7 Å². The van der Waals surface area contributed by atoms with Crippen LogP contribution >= 0.6 is 0 Å². The van der Waals surface area contributed by atoms with Gasteiger partial charge in [0, 0.05) is 23.5 Å². The third-order valence-electron chi connectivity index (χ3n) is 4.94. The number of sulfonamides is 1. The van der Waals surface area contributed by atoms with Crippen LogP contribution in [0.25, 0.3) is 0 Å². The van der Waals surface area contributed by atoms with E-state index in [2.05, 4.69) is 10.0 Å². The Hall–Kier alpha value is -2.41. The van der Waals surface area contributed by atoms with Crippen molar-refractivity contribution in [1.29, 1.82) is 0 Å². The normalized spacial score (nSPS) is 17.3. The first-order valence-electron chi connectivity index (χ1n) is 9.39. The summed E-state index contributed by atoms with van der Waals surface area (Å²) >= 11 is 0. The van der Waals surface area contributed by atoms with Crippen molar-refractivity contribution in [3.63, 3.8) is 0 Å². The molecular weight excluding hydrogens is 364 g/mol. The standard InChI is InChI=1S/C20H24N2O4S/c23-27(24,18-10-11-19-20(14-18)26-13-12-25-19)22-17-8-6-16(7-9-17)21-15-4-2-1-3-5-15/h6-11,14-15,21-22H,1-5,12-13H2. The van der Waals surface area contributed by atoms with Gasteiger partial charge in [-0.2, -0.15) is 0 Å². The molecule has 0 aromatic heterocycles. The Kier molecular flexibility index (Phi) is 5.11. The molecule has 1 saturated carbocycles. The van der Waals surface area contributed by atoms with Gasteiger partial charge in [-0.1, -0.05) is 19.3 Å². The van der Waals surface area contributed by atoms with E-state index >= 15 is 0 Å². The molecule has 0 atom stereocenters. The van der Waals surface area contributed by atoms with Crippen LogP contribution in [0.5, 0.6) is 11.5 Å². The second-order valence-electron chi connectivity index (χ2n) is 6.97. The summed E-state index contributed by atoms with van der Waals surface area (Å²) in [5, 5.41) is 3.53. The Morgan fingerprint density at radius 2 is 1.48 bits per heavy atom. The minimum absolute atomic E-state index is 0.149. The van der Waals surface area contributed by atoms with E-state index in [0.29, 0.717) is 36.4 Å². The summed E-state index contributed by atoms with van der Waals surface area (Å²) in [7, 11) is -3.69. The number of nitrogens with one attached hydrogen (secondary N) is 2. The van der Waals surface area contributed by atoms with Crippen molar-refractivity contribution in [2.24, 2.45) is 0 Å². The van der Waals surface area contributed by atoms with Gasteiger partial charge in [0.15, 0.2) is 11.5 Å². The van der Waals surface area contributed by atoms with Crippen molar-refractivity contribution in [1.82, 2.24) is 0 Å². The molecule has 1 fully saturated rings. The van der Waals surface area contributed by atoms with Crippen molar-refractivity contribution in [2.45, 2.75) is 43.0 Å².